The summed E-state index contributed by atoms with van der Waals surface area (Å²) >= 11 is 0. The quantitative estimate of drug-likeness (QED) is 0.586. The van der Waals surface area contributed by atoms with Crippen LogP contribution in [0.3, 0.4) is 0 Å². The van der Waals surface area contributed by atoms with Crippen molar-refractivity contribution >= 4 is 8.32 Å². The van der Waals surface area contributed by atoms with E-state index in [1.54, 1.807) is 5.57 Å². The molecule has 0 N–H and O–H groups in total. The largest absolute Gasteiger partial charge is 0.409 e. The van der Waals surface area contributed by atoms with Crippen molar-refractivity contribution in [3.63, 3.8) is 0 Å². The fourth-order valence-corrected chi connectivity index (χ4v) is 9.70. The van der Waals surface area contributed by atoms with Crippen LogP contribution in [0.1, 0.15) is 46.6 Å². The Labute approximate surface area is 148 Å². The van der Waals surface area contributed by atoms with Crippen LogP contribution in [0.15, 0.2) is 53.6 Å². The predicted molar refractivity (Wildman–Crippen MR) is 106 cm³/mol. The summed E-state index contributed by atoms with van der Waals surface area (Å²) in [5.74, 6) is 0.677. The van der Waals surface area contributed by atoms with Crippen LogP contribution >= 0.6 is 0 Å². The average Bonchev–Trinajstić information content (AvgIpc) is 2.82. The van der Waals surface area contributed by atoms with E-state index >= 15 is 0 Å². The lowest BCUT2D eigenvalue weighted by Gasteiger charge is -2.48. The summed E-state index contributed by atoms with van der Waals surface area (Å²) < 4.78 is 7.07. The average molecular weight is 341 g/mol. The highest BCUT2D eigenvalue weighted by Gasteiger charge is 2.52. The van der Waals surface area contributed by atoms with Crippen LogP contribution in [0, 0.1) is 5.92 Å². The molecule has 1 heterocycles. The molecule has 1 aromatic carbocycles. The molecule has 0 radical (unpaired) electrons. The van der Waals surface area contributed by atoms with Gasteiger partial charge in [0.05, 0.1) is 6.10 Å². The molecule has 0 saturated carbocycles. The van der Waals surface area contributed by atoms with E-state index in [1.165, 1.54) is 22.8 Å². The van der Waals surface area contributed by atoms with E-state index in [0.29, 0.717) is 17.0 Å². The highest BCUT2D eigenvalue weighted by atomic mass is 28.4. The van der Waals surface area contributed by atoms with Crippen LogP contribution in [-0.2, 0) is 10.8 Å². The second-order valence-electron chi connectivity index (χ2n) is 8.35. The van der Waals surface area contributed by atoms with Gasteiger partial charge >= 0.3 is 0 Å². The zero-order valence-corrected chi connectivity index (χ0v) is 16.9. The third-order valence-corrected chi connectivity index (χ3v) is 12.2. The van der Waals surface area contributed by atoms with Gasteiger partial charge in [0.2, 0.25) is 0 Å². The van der Waals surface area contributed by atoms with Crippen LogP contribution in [0.2, 0.25) is 17.1 Å². The van der Waals surface area contributed by atoms with Gasteiger partial charge in [0, 0.05) is 6.42 Å². The van der Waals surface area contributed by atoms with E-state index < -0.39 is 8.32 Å². The van der Waals surface area contributed by atoms with Crippen molar-refractivity contribution < 1.29 is 4.43 Å². The van der Waals surface area contributed by atoms with Crippen LogP contribution in [-0.4, -0.2) is 14.4 Å². The molecule has 1 aromatic rings. The third kappa shape index (κ3) is 2.95. The number of rotatable bonds is 4. The minimum atomic E-state index is -1.77. The van der Waals surface area contributed by atoms with Gasteiger partial charge in [-0.3, -0.25) is 0 Å². The van der Waals surface area contributed by atoms with E-state index in [4.69, 9.17) is 4.43 Å². The Hall–Kier alpha value is -1.12. The molecule has 1 saturated heterocycles. The van der Waals surface area contributed by atoms with Gasteiger partial charge in [-0.05, 0) is 53.1 Å². The Balaban J connectivity index is 2.00. The molecule has 2 aliphatic rings. The van der Waals surface area contributed by atoms with Gasteiger partial charge in [0.1, 0.15) is 0 Å². The van der Waals surface area contributed by atoms with Crippen molar-refractivity contribution in [2.75, 3.05) is 0 Å². The number of hydrogen-bond acceptors (Lipinski definition) is 1. The van der Waals surface area contributed by atoms with Crippen molar-refractivity contribution in [2.24, 2.45) is 5.92 Å². The van der Waals surface area contributed by atoms with Crippen LogP contribution < -0.4 is 0 Å². The molecule has 0 bridgehead atoms. The number of benzene rings is 1. The Morgan fingerprint density at radius 2 is 1.75 bits per heavy atom. The van der Waals surface area contributed by atoms with E-state index in [0.717, 1.165) is 12.8 Å². The van der Waals surface area contributed by atoms with Gasteiger partial charge in [-0.1, -0.05) is 70.2 Å². The molecule has 1 aliphatic carbocycles. The van der Waals surface area contributed by atoms with Gasteiger partial charge in [0.15, 0.2) is 8.32 Å². The minimum absolute atomic E-state index is 0.252. The maximum Gasteiger partial charge on any atom is 0.199 e. The third-order valence-electron chi connectivity index (χ3n) is 6.39. The summed E-state index contributed by atoms with van der Waals surface area (Å²) in [6.07, 6.45) is 2.41. The molecule has 0 spiro atoms. The highest BCUT2D eigenvalue weighted by molar-refractivity contribution is 6.76. The highest BCUT2D eigenvalue weighted by Crippen LogP contribution is 2.53. The molecule has 24 heavy (non-hydrogen) atoms. The molecule has 1 fully saturated rings. The fourth-order valence-electron chi connectivity index (χ4n) is 4.91. The Morgan fingerprint density at radius 1 is 1.12 bits per heavy atom. The number of hydrogen-bond donors (Lipinski definition) is 0. The first-order valence-electron chi connectivity index (χ1n) is 9.45. The minimum Gasteiger partial charge on any atom is -0.409 e. The molecular weight excluding hydrogens is 308 g/mol. The lowest BCUT2D eigenvalue weighted by Crippen LogP contribution is -2.53. The molecular formula is C22H32OSi. The molecule has 0 amide bonds. The van der Waals surface area contributed by atoms with Crippen molar-refractivity contribution in [1.82, 2.24) is 0 Å². The van der Waals surface area contributed by atoms with Crippen molar-refractivity contribution in [3.05, 3.63) is 59.2 Å². The first-order valence-corrected chi connectivity index (χ1v) is 11.7. The fraction of sp³-hybridized carbons (Fsp3) is 0.545. The van der Waals surface area contributed by atoms with E-state index in [2.05, 4.69) is 71.5 Å². The van der Waals surface area contributed by atoms with Gasteiger partial charge in [0.25, 0.3) is 0 Å². The summed E-state index contributed by atoms with van der Waals surface area (Å²) in [5.41, 5.74) is 7.03. The van der Waals surface area contributed by atoms with Crippen molar-refractivity contribution in [3.8, 4) is 0 Å². The summed E-state index contributed by atoms with van der Waals surface area (Å²) in [6.45, 7) is 16.1. The molecule has 2 unspecified atom stereocenters. The van der Waals surface area contributed by atoms with Crippen LogP contribution in [0.4, 0.5) is 0 Å². The Kier molecular flexibility index (Phi) is 4.90. The maximum absolute atomic E-state index is 7.07. The molecule has 130 valence electrons. The van der Waals surface area contributed by atoms with Crippen molar-refractivity contribution in [2.45, 2.75) is 70.7 Å². The normalized spacial score (nSPS) is 26.4. The zero-order chi connectivity index (χ0) is 17.5. The molecule has 3 rings (SSSR count). The van der Waals surface area contributed by atoms with E-state index in [9.17, 15) is 0 Å². The molecule has 2 atom stereocenters. The second kappa shape index (κ2) is 6.65. The molecule has 2 heteroatoms. The maximum atomic E-state index is 7.07. The lowest BCUT2D eigenvalue weighted by atomic mass is 9.93. The van der Waals surface area contributed by atoms with E-state index in [-0.39, 0.29) is 6.10 Å². The SMILES string of the molecule is C=C1CC2C[Si](C(C)C)(C(C)C)OC(Cc3ccccc3)C2=C1C. The molecule has 1 aliphatic heterocycles. The first-order chi connectivity index (χ1) is 11.3. The predicted octanol–water partition coefficient (Wildman–Crippen LogP) is 6.29. The van der Waals surface area contributed by atoms with Gasteiger partial charge in [-0.15, -0.1) is 0 Å². The summed E-state index contributed by atoms with van der Waals surface area (Å²) in [6, 6.07) is 12.1. The lowest BCUT2D eigenvalue weighted by molar-refractivity contribution is 0.177. The second-order valence-corrected chi connectivity index (χ2v) is 13.2. The number of fused-ring (bicyclic) bond motifs is 1. The number of allylic oxidation sites excluding steroid dienone is 2. The Bertz CT molecular complexity index is 633. The zero-order valence-electron chi connectivity index (χ0n) is 15.9. The van der Waals surface area contributed by atoms with Gasteiger partial charge < -0.3 is 4.43 Å². The Morgan fingerprint density at radius 3 is 2.33 bits per heavy atom. The first kappa shape index (κ1) is 17.7. The smallest absolute Gasteiger partial charge is 0.199 e. The molecule has 0 aromatic heterocycles. The topological polar surface area (TPSA) is 9.23 Å². The van der Waals surface area contributed by atoms with Crippen LogP contribution in [0.25, 0.3) is 0 Å². The monoisotopic (exact) mass is 340 g/mol. The van der Waals surface area contributed by atoms with Gasteiger partial charge in [-0.2, -0.15) is 0 Å². The summed E-state index contributed by atoms with van der Waals surface area (Å²) in [7, 11) is -1.77. The standard InChI is InChI=1S/C22H32OSi/c1-15(2)24(16(3)4)14-20-12-17(5)18(6)22(20)21(23-24)13-19-10-8-7-9-11-19/h7-11,15-16,20-21H,5,12-14H2,1-4,6H3. The molecule has 1 nitrogen and oxygen atoms in total. The summed E-state index contributed by atoms with van der Waals surface area (Å²) in [4.78, 5) is 0. The summed E-state index contributed by atoms with van der Waals surface area (Å²) in [5, 5.41) is 0. The van der Waals surface area contributed by atoms with Crippen LogP contribution in [0.5, 0.6) is 0 Å². The van der Waals surface area contributed by atoms with E-state index in [1.807, 2.05) is 0 Å². The van der Waals surface area contributed by atoms with Crippen molar-refractivity contribution in [1.29, 1.82) is 0 Å². The van der Waals surface area contributed by atoms with Gasteiger partial charge in [-0.25, -0.2) is 0 Å².